The van der Waals surface area contributed by atoms with E-state index in [9.17, 15) is 9.59 Å². The molecule has 2 heteroatoms. The van der Waals surface area contributed by atoms with Crippen LogP contribution in [0.4, 0.5) is 0 Å². The number of hydrogen-bond acceptors (Lipinski definition) is 2. The van der Waals surface area contributed by atoms with Gasteiger partial charge >= 0.3 is 0 Å². The first-order valence-corrected chi connectivity index (χ1v) is 6.66. The number of Topliss-reactive ketones (excluding diaryl/α,β-unsaturated/α-hetero) is 2. The van der Waals surface area contributed by atoms with Gasteiger partial charge < -0.3 is 0 Å². The fraction of sp³-hybridized carbons (Fsp3) is 0.500. The maximum Gasteiger partial charge on any atom is 0.170 e. The minimum absolute atomic E-state index is 0.0359. The summed E-state index contributed by atoms with van der Waals surface area (Å²) in [6.07, 6.45) is 2.36. The van der Waals surface area contributed by atoms with Crippen LogP contribution in [0.1, 0.15) is 56.0 Å². The van der Waals surface area contributed by atoms with E-state index >= 15 is 0 Å². The Hall–Kier alpha value is -1.44. The Balaban J connectivity index is 2.61. The molecule has 0 heterocycles. The average Bonchev–Trinajstić information content (AvgIpc) is 2.29. The van der Waals surface area contributed by atoms with Crippen molar-refractivity contribution in [3.63, 3.8) is 0 Å². The molecule has 2 nitrogen and oxygen atoms in total. The molecule has 0 aliphatic rings. The molecule has 18 heavy (non-hydrogen) atoms. The highest BCUT2D eigenvalue weighted by atomic mass is 16.1. The zero-order chi connectivity index (χ0) is 13.5. The van der Waals surface area contributed by atoms with E-state index in [1.165, 1.54) is 5.56 Å². The summed E-state index contributed by atoms with van der Waals surface area (Å²) in [7, 11) is 0. The standard InChI is InChI=1S/C16H22O2/c1-4-5-15(17)11-16(18)14-8-6-13(7-9-14)10-12(2)3/h6-9,12H,4-5,10-11H2,1-3H3. The fourth-order valence-electron chi connectivity index (χ4n) is 1.95. The van der Waals surface area contributed by atoms with Gasteiger partial charge in [0.2, 0.25) is 0 Å². The van der Waals surface area contributed by atoms with Crippen molar-refractivity contribution >= 4 is 11.6 Å². The first-order valence-electron chi connectivity index (χ1n) is 6.66. The van der Waals surface area contributed by atoms with Gasteiger partial charge in [0, 0.05) is 12.0 Å². The molecule has 0 spiro atoms. The van der Waals surface area contributed by atoms with Crippen LogP contribution in [0.2, 0.25) is 0 Å². The SMILES string of the molecule is CCCC(=O)CC(=O)c1ccc(CC(C)C)cc1. The molecule has 0 N–H and O–H groups in total. The average molecular weight is 246 g/mol. The van der Waals surface area contributed by atoms with Crippen LogP contribution >= 0.6 is 0 Å². The molecule has 0 aromatic heterocycles. The van der Waals surface area contributed by atoms with Crippen molar-refractivity contribution in [2.45, 2.75) is 46.5 Å². The van der Waals surface area contributed by atoms with Gasteiger partial charge in [0.15, 0.2) is 5.78 Å². The van der Waals surface area contributed by atoms with Crippen LogP contribution in [0.5, 0.6) is 0 Å². The Morgan fingerprint density at radius 3 is 2.22 bits per heavy atom. The Bertz CT molecular complexity index is 402. The highest BCUT2D eigenvalue weighted by Crippen LogP contribution is 2.11. The van der Waals surface area contributed by atoms with Crippen molar-refractivity contribution < 1.29 is 9.59 Å². The van der Waals surface area contributed by atoms with E-state index in [-0.39, 0.29) is 18.0 Å². The number of carbonyl (C=O) groups excluding carboxylic acids is 2. The molecule has 1 rings (SSSR count). The van der Waals surface area contributed by atoms with Gasteiger partial charge in [-0.25, -0.2) is 0 Å². The summed E-state index contributed by atoms with van der Waals surface area (Å²) in [5, 5.41) is 0. The van der Waals surface area contributed by atoms with Crippen molar-refractivity contribution in [1.29, 1.82) is 0 Å². The van der Waals surface area contributed by atoms with Crippen LogP contribution in [0, 0.1) is 5.92 Å². The van der Waals surface area contributed by atoms with Gasteiger partial charge in [-0.15, -0.1) is 0 Å². The summed E-state index contributed by atoms with van der Waals surface area (Å²) in [6.45, 7) is 6.29. The number of hydrogen-bond donors (Lipinski definition) is 0. The topological polar surface area (TPSA) is 34.1 Å². The molecule has 1 aromatic rings. The van der Waals surface area contributed by atoms with Crippen molar-refractivity contribution in [3.05, 3.63) is 35.4 Å². The maximum atomic E-state index is 11.8. The van der Waals surface area contributed by atoms with E-state index < -0.39 is 0 Å². The van der Waals surface area contributed by atoms with Crippen molar-refractivity contribution in [2.24, 2.45) is 5.92 Å². The highest BCUT2D eigenvalue weighted by molar-refractivity contribution is 6.07. The normalized spacial score (nSPS) is 10.7. The van der Waals surface area contributed by atoms with Gasteiger partial charge in [0.25, 0.3) is 0 Å². The van der Waals surface area contributed by atoms with Gasteiger partial charge in [0.1, 0.15) is 5.78 Å². The van der Waals surface area contributed by atoms with Crippen LogP contribution in [-0.4, -0.2) is 11.6 Å². The molecule has 0 amide bonds. The van der Waals surface area contributed by atoms with E-state index in [0.717, 1.165) is 12.8 Å². The van der Waals surface area contributed by atoms with E-state index in [4.69, 9.17) is 0 Å². The molecule has 0 saturated carbocycles. The Kier molecular flexibility index (Phi) is 5.76. The zero-order valence-electron chi connectivity index (χ0n) is 11.5. The van der Waals surface area contributed by atoms with Gasteiger partial charge in [-0.05, 0) is 24.3 Å². The van der Waals surface area contributed by atoms with Crippen molar-refractivity contribution in [3.8, 4) is 0 Å². The molecule has 0 saturated heterocycles. The number of ketones is 2. The smallest absolute Gasteiger partial charge is 0.170 e. The molecule has 1 aromatic carbocycles. The number of carbonyl (C=O) groups is 2. The third kappa shape index (κ3) is 4.82. The van der Waals surface area contributed by atoms with Crippen LogP contribution < -0.4 is 0 Å². The van der Waals surface area contributed by atoms with Crippen LogP contribution in [0.25, 0.3) is 0 Å². The zero-order valence-corrected chi connectivity index (χ0v) is 11.5. The Morgan fingerprint density at radius 1 is 1.11 bits per heavy atom. The summed E-state index contributed by atoms with van der Waals surface area (Å²) in [4.78, 5) is 23.3. The second-order valence-corrected chi connectivity index (χ2v) is 5.18. The van der Waals surface area contributed by atoms with Crippen molar-refractivity contribution in [1.82, 2.24) is 0 Å². The Labute approximate surface area is 109 Å². The van der Waals surface area contributed by atoms with E-state index in [2.05, 4.69) is 13.8 Å². The lowest BCUT2D eigenvalue weighted by Crippen LogP contribution is -2.08. The lowest BCUT2D eigenvalue weighted by atomic mass is 9.99. The van der Waals surface area contributed by atoms with Gasteiger partial charge in [-0.2, -0.15) is 0 Å². The van der Waals surface area contributed by atoms with Gasteiger partial charge in [-0.1, -0.05) is 45.0 Å². The van der Waals surface area contributed by atoms with E-state index in [0.29, 0.717) is 17.9 Å². The summed E-state index contributed by atoms with van der Waals surface area (Å²) in [6, 6.07) is 7.63. The second kappa shape index (κ2) is 7.10. The van der Waals surface area contributed by atoms with Crippen LogP contribution in [0.3, 0.4) is 0 Å². The molecule has 0 unspecified atom stereocenters. The molecule has 0 radical (unpaired) electrons. The van der Waals surface area contributed by atoms with Crippen LogP contribution in [0.15, 0.2) is 24.3 Å². The number of rotatable bonds is 7. The molecule has 0 aliphatic heterocycles. The first kappa shape index (κ1) is 14.6. The maximum absolute atomic E-state index is 11.8. The minimum atomic E-state index is -0.0652. The molecule has 0 fully saturated rings. The minimum Gasteiger partial charge on any atom is -0.299 e. The predicted octanol–water partition coefficient (Wildman–Crippen LogP) is 3.83. The lowest BCUT2D eigenvalue weighted by molar-refractivity contribution is -0.118. The summed E-state index contributed by atoms with van der Waals surface area (Å²) in [5.41, 5.74) is 1.88. The molecule has 0 atom stereocenters. The summed E-state index contributed by atoms with van der Waals surface area (Å²) >= 11 is 0. The third-order valence-corrected chi connectivity index (χ3v) is 2.81. The summed E-state index contributed by atoms with van der Waals surface area (Å²) in [5.74, 6) is 0.580. The summed E-state index contributed by atoms with van der Waals surface area (Å²) < 4.78 is 0. The quantitative estimate of drug-likeness (QED) is 0.541. The fourth-order valence-corrected chi connectivity index (χ4v) is 1.95. The monoisotopic (exact) mass is 246 g/mol. The molecule has 0 aliphatic carbocycles. The van der Waals surface area contributed by atoms with Crippen molar-refractivity contribution in [2.75, 3.05) is 0 Å². The third-order valence-electron chi connectivity index (χ3n) is 2.81. The molecule has 0 bridgehead atoms. The Morgan fingerprint density at radius 2 is 1.72 bits per heavy atom. The number of benzene rings is 1. The molecular weight excluding hydrogens is 224 g/mol. The van der Waals surface area contributed by atoms with E-state index in [1.54, 1.807) is 0 Å². The van der Waals surface area contributed by atoms with Gasteiger partial charge in [-0.3, -0.25) is 9.59 Å². The highest BCUT2D eigenvalue weighted by Gasteiger charge is 2.11. The van der Waals surface area contributed by atoms with Gasteiger partial charge in [0.05, 0.1) is 6.42 Å². The second-order valence-electron chi connectivity index (χ2n) is 5.18. The van der Waals surface area contributed by atoms with Crippen LogP contribution in [-0.2, 0) is 11.2 Å². The van der Waals surface area contributed by atoms with E-state index in [1.807, 2.05) is 31.2 Å². The predicted molar refractivity (Wildman–Crippen MR) is 73.8 cm³/mol. The molecular formula is C16H22O2. The molecule has 98 valence electrons. The first-order chi connectivity index (χ1) is 8.52. The lowest BCUT2D eigenvalue weighted by Gasteiger charge is -2.06. The largest absolute Gasteiger partial charge is 0.299 e.